The Balaban J connectivity index is 1.91. The van der Waals surface area contributed by atoms with E-state index in [1.54, 1.807) is 24.3 Å². The number of nitrogens with zero attached hydrogens (tertiary/aromatic N) is 1. The minimum absolute atomic E-state index is 0.205. The van der Waals surface area contributed by atoms with Crippen LogP contribution >= 0.6 is 54.5 Å². The molecule has 9 heteroatoms. The number of hydrazone groups is 1. The first kappa shape index (κ1) is 18.3. The van der Waals surface area contributed by atoms with Crippen molar-refractivity contribution in [1.29, 1.82) is 0 Å². The van der Waals surface area contributed by atoms with Gasteiger partial charge in [0.25, 0.3) is 5.91 Å². The van der Waals surface area contributed by atoms with E-state index in [-0.39, 0.29) is 6.61 Å². The van der Waals surface area contributed by atoms with Crippen molar-refractivity contribution in [3.63, 3.8) is 0 Å². The van der Waals surface area contributed by atoms with Gasteiger partial charge in [-0.2, -0.15) is 5.10 Å². The number of ether oxygens (including phenoxy) is 2. The van der Waals surface area contributed by atoms with Crippen LogP contribution in [0.5, 0.6) is 11.5 Å². The second kappa shape index (κ2) is 8.69. The Morgan fingerprint density at radius 2 is 2.22 bits per heavy atom. The van der Waals surface area contributed by atoms with E-state index in [4.69, 9.17) is 13.9 Å². The van der Waals surface area contributed by atoms with Crippen LogP contribution in [0.2, 0.25) is 0 Å². The van der Waals surface area contributed by atoms with Crippen LogP contribution < -0.4 is 14.9 Å². The Kier molecular flexibility index (Phi) is 6.90. The zero-order chi connectivity index (χ0) is 16.8. The van der Waals surface area contributed by atoms with Gasteiger partial charge in [0.05, 0.1) is 17.8 Å². The summed E-state index contributed by atoms with van der Waals surface area (Å²) in [5, 5.41) is 3.79. The number of amides is 1. The number of carbonyl (C=O) groups is 1. The molecule has 2 rings (SSSR count). The van der Waals surface area contributed by atoms with E-state index < -0.39 is 5.91 Å². The molecule has 1 N–H and O–H groups in total. The molecule has 0 aliphatic heterocycles. The van der Waals surface area contributed by atoms with Gasteiger partial charge in [0.15, 0.2) is 21.9 Å². The summed E-state index contributed by atoms with van der Waals surface area (Å²) in [6.45, 7) is -0.205. The van der Waals surface area contributed by atoms with Crippen LogP contribution in [0.25, 0.3) is 0 Å². The Morgan fingerprint density at radius 1 is 1.43 bits per heavy atom. The molecule has 0 unspecified atom stereocenters. The molecule has 0 atom stereocenters. The standard InChI is InChI=1S/C14H11Br2IN2O4/c1-21-11-5-8(15)4-10(16)14(11)22-7-13(20)19-18-6-9-2-3-12(17)23-9/h2-6H,7H2,1H3,(H,19,20)/b18-6+. The van der Waals surface area contributed by atoms with E-state index in [0.717, 1.165) is 8.24 Å². The zero-order valence-electron chi connectivity index (χ0n) is 11.8. The normalized spacial score (nSPS) is 10.8. The molecule has 0 saturated heterocycles. The Morgan fingerprint density at radius 3 is 2.87 bits per heavy atom. The fourth-order valence-electron chi connectivity index (χ4n) is 1.56. The summed E-state index contributed by atoms with van der Waals surface area (Å²) < 4.78 is 18.2. The van der Waals surface area contributed by atoms with Crippen molar-refractivity contribution in [1.82, 2.24) is 5.43 Å². The summed E-state index contributed by atoms with van der Waals surface area (Å²) in [6, 6.07) is 7.09. The van der Waals surface area contributed by atoms with E-state index in [9.17, 15) is 4.79 Å². The Hall–Kier alpha value is -1.07. The number of halogens is 3. The number of hydrogen-bond acceptors (Lipinski definition) is 5. The SMILES string of the molecule is COc1cc(Br)cc(Br)c1OCC(=O)N/N=C/c1ccc(I)o1. The monoisotopic (exact) mass is 556 g/mol. The molecule has 0 aliphatic rings. The lowest BCUT2D eigenvalue weighted by Crippen LogP contribution is -2.24. The first-order valence-electron chi connectivity index (χ1n) is 6.22. The molecule has 1 heterocycles. The summed E-state index contributed by atoms with van der Waals surface area (Å²) in [6.07, 6.45) is 1.41. The first-order valence-corrected chi connectivity index (χ1v) is 8.89. The number of rotatable bonds is 6. The lowest BCUT2D eigenvalue weighted by atomic mass is 10.3. The van der Waals surface area contributed by atoms with E-state index in [0.29, 0.717) is 21.7 Å². The van der Waals surface area contributed by atoms with E-state index in [2.05, 4.69) is 42.4 Å². The third-order valence-electron chi connectivity index (χ3n) is 2.52. The van der Waals surface area contributed by atoms with Gasteiger partial charge in [-0.3, -0.25) is 4.79 Å². The van der Waals surface area contributed by atoms with Crippen molar-refractivity contribution in [2.24, 2.45) is 5.10 Å². The van der Waals surface area contributed by atoms with Crippen LogP contribution in [0.1, 0.15) is 5.76 Å². The van der Waals surface area contributed by atoms with Crippen molar-refractivity contribution < 1.29 is 18.7 Å². The fourth-order valence-corrected chi connectivity index (χ4v) is 3.30. The lowest BCUT2D eigenvalue weighted by Gasteiger charge is -2.12. The van der Waals surface area contributed by atoms with Gasteiger partial charge in [-0.25, -0.2) is 5.43 Å². The van der Waals surface area contributed by atoms with Crippen molar-refractivity contribution in [3.8, 4) is 11.5 Å². The van der Waals surface area contributed by atoms with Crippen LogP contribution in [-0.2, 0) is 4.79 Å². The average molecular weight is 558 g/mol. The van der Waals surface area contributed by atoms with Crippen LogP contribution in [0, 0.1) is 3.77 Å². The minimum atomic E-state index is -0.403. The molecule has 2 aromatic rings. The van der Waals surface area contributed by atoms with Gasteiger partial charge in [-0.15, -0.1) is 0 Å². The van der Waals surface area contributed by atoms with Crippen LogP contribution in [-0.4, -0.2) is 25.8 Å². The maximum absolute atomic E-state index is 11.7. The Bertz CT molecular complexity index is 734. The average Bonchev–Trinajstić information content (AvgIpc) is 2.91. The second-order valence-corrected chi connectivity index (χ2v) is 6.98. The zero-order valence-corrected chi connectivity index (χ0v) is 17.1. The summed E-state index contributed by atoms with van der Waals surface area (Å²) in [7, 11) is 1.52. The highest BCUT2D eigenvalue weighted by atomic mass is 127. The van der Waals surface area contributed by atoms with Gasteiger partial charge >= 0.3 is 0 Å². The number of carbonyl (C=O) groups excluding carboxylic acids is 1. The van der Waals surface area contributed by atoms with Gasteiger partial charge in [-0.05, 0) is 62.8 Å². The largest absolute Gasteiger partial charge is 0.493 e. The van der Waals surface area contributed by atoms with Crippen LogP contribution in [0.4, 0.5) is 0 Å². The van der Waals surface area contributed by atoms with Gasteiger partial charge in [0.2, 0.25) is 0 Å². The van der Waals surface area contributed by atoms with Gasteiger partial charge in [0, 0.05) is 4.47 Å². The lowest BCUT2D eigenvalue weighted by molar-refractivity contribution is -0.123. The molecule has 1 amide bonds. The highest BCUT2D eigenvalue weighted by Gasteiger charge is 2.12. The first-order chi connectivity index (χ1) is 11.0. The molecule has 0 radical (unpaired) electrons. The smallest absolute Gasteiger partial charge is 0.277 e. The predicted molar refractivity (Wildman–Crippen MR) is 101 cm³/mol. The molecular weight excluding hydrogens is 547 g/mol. The minimum Gasteiger partial charge on any atom is -0.493 e. The maximum Gasteiger partial charge on any atom is 0.277 e. The van der Waals surface area contributed by atoms with E-state index >= 15 is 0 Å². The number of nitrogens with one attached hydrogen (secondary N) is 1. The van der Waals surface area contributed by atoms with Gasteiger partial charge in [0.1, 0.15) is 5.76 Å². The molecule has 1 aromatic carbocycles. The number of methoxy groups -OCH3 is 1. The van der Waals surface area contributed by atoms with Crippen LogP contribution in [0.3, 0.4) is 0 Å². The third kappa shape index (κ3) is 5.50. The molecule has 1 aromatic heterocycles. The van der Waals surface area contributed by atoms with E-state index in [1.165, 1.54) is 13.3 Å². The number of furan rings is 1. The molecular formula is C14H11Br2IN2O4. The van der Waals surface area contributed by atoms with E-state index in [1.807, 2.05) is 22.6 Å². The molecule has 0 saturated carbocycles. The Labute approximate surface area is 163 Å². The van der Waals surface area contributed by atoms with Crippen molar-refractivity contribution in [2.45, 2.75) is 0 Å². The van der Waals surface area contributed by atoms with Gasteiger partial charge < -0.3 is 13.9 Å². The van der Waals surface area contributed by atoms with Crippen molar-refractivity contribution >= 4 is 66.6 Å². The molecule has 122 valence electrons. The highest BCUT2D eigenvalue weighted by Crippen LogP contribution is 2.38. The molecule has 0 aliphatic carbocycles. The van der Waals surface area contributed by atoms with Gasteiger partial charge in [-0.1, -0.05) is 15.9 Å². The molecule has 0 spiro atoms. The molecule has 0 fully saturated rings. The quantitative estimate of drug-likeness (QED) is 0.332. The summed E-state index contributed by atoms with van der Waals surface area (Å²) in [5.74, 6) is 1.09. The molecule has 6 nitrogen and oxygen atoms in total. The summed E-state index contributed by atoms with van der Waals surface area (Å²) in [5.41, 5.74) is 2.36. The topological polar surface area (TPSA) is 73.1 Å². The summed E-state index contributed by atoms with van der Waals surface area (Å²) in [4.78, 5) is 11.7. The fraction of sp³-hybridized carbons (Fsp3) is 0.143. The second-order valence-electron chi connectivity index (χ2n) is 4.14. The maximum atomic E-state index is 11.7. The van der Waals surface area contributed by atoms with Crippen LogP contribution in [0.15, 0.2) is 42.7 Å². The highest BCUT2D eigenvalue weighted by molar-refractivity contribution is 14.1. The third-order valence-corrected chi connectivity index (χ3v) is 4.14. The molecule has 0 bridgehead atoms. The number of hydrogen-bond donors (Lipinski definition) is 1. The summed E-state index contributed by atoms with van der Waals surface area (Å²) >= 11 is 8.76. The molecule has 23 heavy (non-hydrogen) atoms. The van der Waals surface area contributed by atoms with Crippen molar-refractivity contribution in [2.75, 3.05) is 13.7 Å². The number of benzene rings is 1. The predicted octanol–water partition coefficient (Wildman–Crippen LogP) is 3.95. The van der Waals surface area contributed by atoms with Crippen molar-refractivity contribution in [3.05, 3.63) is 42.7 Å².